The van der Waals surface area contributed by atoms with E-state index in [4.69, 9.17) is 16.3 Å². The predicted molar refractivity (Wildman–Crippen MR) is 113 cm³/mol. The molecule has 9 heteroatoms. The number of ether oxygens (including phenoxy) is 1. The van der Waals surface area contributed by atoms with Crippen molar-refractivity contribution < 1.29 is 14.3 Å². The van der Waals surface area contributed by atoms with Crippen LogP contribution in [0.2, 0.25) is 5.02 Å². The fourth-order valence-corrected chi connectivity index (χ4v) is 4.04. The topological polar surface area (TPSA) is 101 Å². The maximum Gasteiger partial charge on any atom is 0.309 e. The average molecular weight is 430 g/mol. The number of carbonyl (C=O) groups is 2. The third-order valence-electron chi connectivity index (χ3n) is 5.57. The minimum atomic E-state index is -0.382. The number of aryl methyl sites for hydroxylation is 1. The maximum absolute atomic E-state index is 12.3. The third kappa shape index (κ3) is 4.18. The summed E-state index contributed by atoms with van der Waals surface area (Å²) in [5, 5.41) is 10.7. The van der Waals surface area contributed by atoms with Crippen LogP contribution in [0.1, 0.15) is 38.3 Å². The Labute approximate surface area is 178 Å². The quantitative estimate of drug-likeness (QED) is 0.597. The standard InChI is InChI=1S/C21H24ClN5O3/c1-12-6-3-4-9-16(12)21(29)30-11-17(28)23-15-8-5-7-14(10-15)19-24-20-18(22)13(2)25-27(20)26-19/h5,7-8,10,12,16,25H,3-4,6,9,11H2,1-2H3,(H,23,28)/t12-,16+/m1/s1. The third-order valence-corrected chi connectivity index (χ3v) is 6.02. The summed E-state index contributed by atoms with van der Waals surface area (Å²) in [6.07, 6.45) is 4.04. The van der Waals surface area contributed by atoms with E-state index in [2.05, 4.69) is 27.4 Å². The lowest BCUT2D eigenvalue weighted by atomic mass is 9.80. The number of halogens is 1. The number of rotatable bonds is 5. The molecule has 1 saturated carbocycles. The Hall–Kier alpha value is -2.87. The molecule has 1 aliphatic rings. The van der Waals surface area contributed by atoms with Crippen LogP contribution in [-0.4, -0.2) is 38.3 Å². The van der Waals surface area contributed by atoms with E-state index >= 15 is 0 Å². The fraction of sp³-hybridized carbons (Fsp3) is 0.429. The molecule has 0 bridgehead atoms. The summed E-state index contributed by atoms with van der Waals surface area (Å²) in [6.45, 7) is 3.61. The predicted octanol–water partition coefficient (Wildman–Crippen LogP) is 3.99. The number of benzene rings is 1. The van der Waals surface area contributed by atoms with E-state index in [9.17, 15) is 9.59 Å². The normalized spacial score (nSPS) is 19.0. The number of anilines is 1. The van der Waals surface area contributed by atoms with Gasteiger partial charge in [-0.3, -0.25) is 14.7 Å². The number of fused-ring (bicyclic) bond motifs is 1. The molecule has 4 rings (SSSR count). The molecule has 0 spiro atoms. The second kappa shape index (κ2) is 8.47. The molecule has 0 saturated heterocycles. The Kier molecular flexibility index (Phi) is 5.76. The van der Waals surface area contributed by atoms with Crippen LogP contribution in [0.15, 0.2) is 24.3 Å². The van der Waals surface area contributed by atoms with Crippen LogP contribution in [-0.2, 0) is 14.3 Å². The SMILES string of the molecule is Cc1[nH]n2nc(-c3cccc(NC(=O)COC(=O)[C@H]4CCCC[C@H]4C)c3)nc2c1Cl. The monoisotopic (exact) mass is 429 g/mol. The highest BCUT2D eigenvalue weighted by molar-refractivity contribution is 6.34. The van der Waals surface area contributed by atoms with Gasteiger partial charge in [-0.15, -0.1) is 5.10 Å². The highest BCUT2D eigenvalue weighted by atomic mass is 35.5. The van der Waals surface area contributed by atoms with Crippen LogP contribution < -0.4 is 5.32 Å². The highest BCUT2D eigenvalue weighted by Crippen LogP contribution is 2.30. The van der Waals surface area contributed by atoms with Crippen molar-refractivity contribution in [1.82, 2.24) is 19.8 Å². The molecular weight excluding hydrogens is 406 g/mol. The summed E-state index contributed by atoms with van der Waals surface area (Å²) in [7, 11) is 0. The van der Waals surface area contributed by atoms with Crippen LogP contribution in [0.5, 0.6) is 0 Å². The van der Waals surface area contributed by atoms with Crippen LogP contribution in [0.3, 0.4) is 0 Å². The number of H-pyrrole nitrogens is 1. The number of hydrogen-bond acceptors (Lipinski definition) is 5. The lowest BCUT2D eigenvalue weighted by molar-refractivity contribution is -0.154. The number of nitrogens with one attached hydrogen (secondary N) is 2. The summed E-state index contributed by atoms with van der Waals surface area (Å²) in [5.74, 6) is 0.0126. The molecule has 30 heavy (non-hydrogen) atoms. The number of amides is 1. The van der Waals surface area contributed by atoms with E-state index in [0.29, 0.717) is 28.1 Å². The zero-order valence-corrected chi connectivity index (χ0v) is 17.7. The molecule has 0 radical (unpaired) electrons. The molecule has 158 valence electrons. The molecule has 2 heterocycles. The molecule has 1 fully saturated rings. The van der Waals surface area contributed by atoms with Gasteiger partial charge in [-0.05, 0) is 37.8 Å². The minimum absolute atomic E-state index is 0.109. The van der Waals surface area contributed by atoms with E-state index in [-0.39, 0.29) is 24.4 Å². The van der Waals surface area contributed by atoms with Crippen molar-refractivity contribution in [3.05, 3.63) is 35.0 Å². The van der Waals surface area contributed by atoms with Crippen molar-refractivity contribution in [3.8, 4) is 11.4 Å². The molecule has 1 aromatic carbocycles. The lowest BCUT2D eigenvalue weighted by Gasteiger charge is -2.26. The Morgan fingerprint density at radius 3 is 2.90 bits per heavy atom. The van der Waals surface area contributed by atoms with Gasteiger partial charge in [0.05, 0.1) is 11.6 Å². The first-order chi connectivity index (χ1) is 14.4. The fourth-order valence-electron chi connectivity index (χ4n) is 3.87. The van der Waals surface area contributed by atoms with Crippen molar-refractivity contribution in [1.29, 1.82) is 0 Å². The molecular formula is C21H24ClN5O3. The van der Waals surface area contributed by atoms with Gasteiger partial charge in [0.15, 0.2) is 18.1 Å². The highest BCUT2D eigenvalue weighted by Gasteiger charge is 2.29. The molecule has 2 aromatic heterocycles. The Bertz CT molecular complexity index is 1090. The first kappa shape index (κ1) is 20.4. The molecule has 1 amide bonds. The van der Waals surface area contributed by atoms with Crippen molar-refractivity contribution in [2.24, 2.45) is 11.8 Å². The smallest absolute Gasteiger partial charge is 0.309 e. The van der Waals surface area contributed by atoms with Gasteiger partial charge in [0.1, 0.15) is 5.02 Å². The maximum atomic E-state index is 12.3. The zero-order valence-electron chi connectivity index (χ0n) is 16.9. The van der Waals surface area contributed by atoms with Crippen LogP contribution in [0.25, 0.3) is 17.0 Å². The van der Waals surface area contributed by atoms with Crippen LogP contribution >= 0.6 is 11.6 Å². The molecule has 0 unspecified atom stereocenters. The number of carbonyl (C=O) groups excluding carboxylic acids is 2. The molecule has 2 atom stereocenters. The van der Waals surface area contributed by atoms with Crippen LogP contribution in [0.4, 0.5) is 5.69 Å². The van der Waals surface area contributed by atoms with E-state index in [1.54, 1.807) is 18.2 Å². The first-order valence-electron chi connectivity index (χ1n) is 10.1. The van der Waals surface area contributed by atoms with E-state index < -0.39 is 0 Å². The second-order valence-electron chi connectivity index (χ2n) is 7.83. The molecule has 0 aliphatic heterocycles. The van der Waals surface area contributed by atoms with Gasteiger partial charge in [0, 0.05) is 11.3 Å². The molecule has 1 aliphatic carbocycles. The molecule has 2 N–H and O–H groups in total. The van der Waals surface area contributed by atoms with E-state index in [1.165, 1.54) is 4.63 Å². The van der Waals surface area contributed by atoms with E-state index in [0.717, 1.165) is 36.9 Å². The van der Waals surface area contributed by atoms with Crippen molar-refractivity contribution >= 4 is 34.8 Å². The molecule has 3 aromatic rings. The lowest BCUT2D eigenvalue weighted by Crippen LogP contribution is -2.30. The summed E-state index contributed by atoms with van der Waals surface area (Å²) in [6, 6.07) is 7.16. The number of nitrogens with zero attached hydrogens (tertiary/aromatic N) is 3. The van der Waals surface area contributed by atoms with Gasteiger partial charge < -0.3 is 10.1 Å². The van der Waals surface area contributed by atoms with Gasteiger partial charge in [-0.25, -0.2) is 4.98 Å². The van der Waals surface area contributed by atoms with Gasteiger partial charge >= 0.3 is 5.97 Å². The van der Waals surface area contributed by atoms with Gasteiger partial charge in [-0.2, -0.15) is 4.63 Å². The Morgan fingerprint density at radius 1 is 1.33 bits per heavy atom. The van der Waals surface area contributed by atoms with Gasteiger partial charge in [-0.1, -0.05) is 43.5 Å². The van der Waals surface area contributed by atoms with Crippen molar-refractivity contribution in [2.75, 3.05) is 11.9 Å². The number of esters is 1. The summed E-state index contributed by atoms with van der Waals surface area (Å²) >= 11 is 6.21. The zero-order chi connectivity index (χ0) is 21.3. The summed E-state index contributed by atoms with van der Waals surface area (Å²) in [5.41, 5.74) is 2.63. The summed E-state index contributed by atoms with van der Waals surface area (Å²) < 4.78 is 6.77. The average Bonchev–Trinajstić information content (AvgIpc) is 3.26. The number of aromatic amines is 1. The van der Waals surface area contributed by atoms with Crippen molar-refractivity contribution in [3.63, 3.8) is 0 Å². The minimum Gasteiger partial charge on any atom is -0.455 e. The van der Waals surface area contributed by atoms with Crippen LogP contribution in [0, 0.1) is 18.8 Å². The van der Waals surface area contributed by atoms with Crippen molar-refractivity contribution in [2.45, 2.75) is 39.5 Å². The van der Waals surface area contributed by atoms with Gasteiger partial charge in [0.25, 0.3) is 5.91 Å². The first-order valence-corrected chi connectivity index (χ1v) is 10.5. The van der Waals surface area contributed by atoms with E-state index in [1.807, 2.05) is 13.0 Å². The largest absolute Gasteiger partial charge is 0.455 e. The Balaban J connectivity index is 1.38. The van der Waals surface area contributed by atoms with Gasteiger partial charge in [0.2, 0.25) is 0 Å². The Morgan fingerprint density at radius 2 is 2.13 bits per heavy atom. The number of hydrogen-bond donors (Lipinski definition) is 2. The molecule has 8 nitrogen and oxygen atoms in total. The summed E-state index contributed by atoms with van der Waals surface area (Å²) in [4.78, 5) is 29.0. The second-order valence-corrected chi connectivity index (χ2v) is 8.20. The number of aromatic nitrogens is 4.